The Hall–Kier alpha value is -4.26. The molecule has 1 N–H and O–H groups in total. The average Bonchev–Trinajstić information content (AvgIpc) is 3.61. The van der Waals surface area contributed by atoms with Crippen molar-refractivity contribution in [3.63, 3.8) is 0 Å². The second-order valence-electron chi connectivity index (χ2n) is 8.71. The fourth-order valence-corrected chi connectivity index (χ4v) is 4.02. The van der Waals surface area contributed by atoms with Crippen LogP contribution in [0.1, 0.15) is 47.3 Å². The van der Waals surface area contributed by atoms with E-state index in [1.54, 1.807) is 6.07 Å². The molecule has 3 heterocycles. The summed E-state index contributed by atoms with van der Waals surface area (Å²) in [6.07, 6.45) is 2.65. The van der Waals surface area contributed by atoms with Crippen molar-refractivity contribution in [2.75, 3.05) is 11.9 Å². The fourth-order valence-electron chi connectivity index (χ4n) is 4.02. The highest BCUT2D eigenvalue weighted by molar-refractivity contribution is 6.05. The molecule has 0 radical (unpaired) electrons. The third-order valence-electron chi connectivity index (χ3n) is 6.16. The molecule has 2 fully saturated rings. The van der Waals surface area contributed by atoms with Crippen molar-refractivity contribution in [1.82, 2.24) is 15.2 Å². The van der Waals surface area contributed by atoms with Crippen LogP contribution in [-0.4, -0.2) is 46.8 Å². The molecule has 1 aliphatic carbocycles. The zero-order valence-electron chi connectivity index (χ0n) is 18.8. The number of carbonyl (C=O) groups excluding carboxylic acids is 4. The Morgan fingerprint density at radius 1 is 1.23 bits per heavy atom. The lowest BCUT2D eigenvalue weighted by molar-refractivity contribution is -0.136. The zero-order chi connectivity index (χ0) is 24.7. The summed E-state index contributed by atoms with van der Waals surface area (Å²) in [5, 5.41) is 2.25. The average molecular weight is 476 g/mol. The van der Waals surface area contributed by atoms with E-state index in [2.05, 4.69) is 22.1 Å². The molecule has 0 bridgehead atoms. The quantitative estimate of drug-likeness (QED) is 0.538. The Morgan fingerprint density at radius 3 is 2.77 bits per heavy atom. The predicted molar refractivity (Wildman–Crippen MR) is 121 cm³/mol. The van der Waals surface area contributed by atoms with Gasteiger partial charge in [-0.3, -0.25) is 24.6 Å². The Labute approximate surface area is 200 Å². The summed E-state index contributed by atoms with van der Waals surface area (Å²) in [4.78, 5) is 55.6. The summed E-state index contributed by atoms with van der Waals surface area (Å²) in [6, 6.07) is 5.24. The van der Waals surface area contributed by atoms with Crippen molar-refractivity contribution in [1.29, 1.82) is 0 Å². The highest BCUT2D eigenvalue weighted by Crippen LogP contribution is 2.31. The summed E-state index contributed by atoms with van der Waals surface area (Å²) >= 11 is 0. The SMILES string of the molecule is CN(C(=O)Oc1ccc2c(c1)C(=O)N(C1CCC(=O)NC1=O)C2)c1cc(C#CC2CC2)ncc1F. The van der Waals surface area contributed by atoms with Gasteiger partial charge in [0.15, 0.2) is 5.82 Å². The maximum atomic E-state index is 14.4. The molecule has 4 amide bonds. The number of benzene rings is 1. The molecule has 1 atom stereocenters. The molecule has 1 unspecified atom stereocenters. The first kappa shape index (κ1) is 22.5. The van der Waals surface area contributed by atoms with E-state index in [-0.39, 0.29) is 42.6 Å². The maximum Gasteiger partial charge on any atom is 0.419 e. The smallest absolute Gasteiger partial charge is 0.410 e. The number of pyridine rings is 1. The molecule has 1 aromatic carbocycles. The topological polar surface area (TPSA) is 109 Å². The Morgan fingerprint density at radius 2 is 2.03 bits per heavy atom. The standard InChI is InChI=1S/C25H21FN4O5/c1-29(21-10-16(27-12-19(21)26)6-4-14-2-3-14)25(34)35-17-7-5-15-13-30(24(33)18(15)11-17)20-8-9-22(31)28-23(20)32/h5,7,10-12,14,20H,2-3,8-9,13H2,1H3,(H,28,31,32). The van der Waals surface area contributed by atoms with Crippen molar-refractivity contribution in [3.8, 4) is 17.6 Å². The molecular weight excluding hydrogens is 455 g/mol. The van der Waals surface area contributed by atoms with E-state index in [1.165, 1.54) is 30.1 Å². The second-order valence-corrected chi connectivity index (χ2v) is 8.71. The first-order valence-corrected chi connectivity index (χ1v) is 11.2. The van der Waals surface area contributed by atoms with E-state index in [4.69, 9.17) is 4.74 Å². The van der Waals surface area contributed by atoms with Crippen LogP contribution in [0, 0.1) is 23.6 Å². The number of ether oxygens (including phenoxy) is 1. The van der Waals surface area contributed by atoms with Gasteiger partial charge in [0.1, 0.15) is 17.5 Å². The molecule has 10 heteroatoms. The van der Waals surface area contributed by atoms with Crippen LogP contribution in [0.4, 0.5) is 14.9 Å². The summed E-state index contributed by atoms with van der Waals surface area (Å²) in [5.41, 5.74) is 1.29. The Balaban J connectivity index is 1.30. The molecular formula is C25H21FN4O5. The van der Waals surface area contributed by atoms with Gasteiger partial charge in [-0.25, -0.2) is 14.2 Å². The van der Waals surface area contributed by atoms with E-state index in [0.29, 0.717) is 22.7 Å². The van der Waals surface area contributed by atoms with Crippen molar-refractivity contribution in [2.45, 2.75) is 38.3 Å². The summed E-state index contributed by atoms with van der Waals surface area (Å²) in [5.74, 6) is 4.42. The monoisotopic (exact) mass is 476 g/mol. The maximum absolute atomic E-state index is 14.4. The molecule has 2 aromatic rings. The highest BCUT2D eigenvalue weighted by atomic mass is 19.1. The number of hydrogen-bond acceptors (Lipinski definition) is 6. The summed E-state index contributed by atoms with van der Waals surface area (Å²) in [6.45, 7) is 0.210. The number of anilines is 1. The van der Waals surface area contributed by atoms with Crippen molar-refractivity contribution in [2.24, 2.45) is 5.92 Å². The Kier molecular flexibility index (Phi) is 5.68. The lowest BCUT2D eigenvalue weighted by Crippen LogP contribution is -2.52. The number of amides is 4. The van der Waals surface area contributed by atoms with Gasteiger partial charge in [0.05, 0.1) is 11.9 Å². The molecule has 1 saturated carbocycles. The molecule has 0 spiro atoms. The van der Waals surface area contributed by atoms with E-state index in [9.17, 15) is 23.6 Å². The van der Waals surface area contributed by atoms with Gasteiger partial charge in [0.2, 0.25) is 11.8 Å². The number of hydrogen-bond donors (Lipinski definition) is 1. The van der Waals surface area contributed by atoms with Crippen LogP contribution < -0.4 is 15.0 Å². The third-order valence-corrected chi connectivity index (χ3v) is 6.16. The number of aromatic nitrogens is 1. The van der Waals surface area contributed by atoms with Gasteiger partial charge in [-0.2, -0.15) is 0 Å². The minimum absolute atomic E-state index is 0.0358. The van der Waals surface area contributed by atoms with Crippen LogP contribution in [0.25, 0.3) is 0 Å². The summed E-state index contributed by atoms with van der Waals surface area (Å²) in [7, 11) is 1.36. The number of halogens is 1. The van der Waals surface area contributed by atoms with Gasteiger partial charge in [-0.1, -0.05) is 12.0 Å². The van der Waals surface area contributed by atoms with Gasteiger partial charge >= 0.3 is 6.09 Å². The second kappa shape index (κ2) is 8.83. The van der Waals surface area contributed by atoms with Crippen LogP contribution in [0.15, 0.2) is 30.5 Å². The largest absolute Gasteiger partial charge is 0.419 e. The van der Waals surface area contributed by atoms with E-state index in [0.717, 1.165) is 23.9 Å². The number of fused-ring (bicyclic) bond motifs is 1. The number of carbonyl (C=O) groups is 4. The zero-order valence-corrected chi connectivity index (χ0v) is 18.8. The van der Waals surface area contributed by atoms with Gasteiger partial charge in [0, 0.05) is 31.5 Å². The number of piperidine rings is 1. The van der Waals surface area contributed by atoms with E-state index >= 15 is 0 Å². The molecule has 5 rings (SSSR count). The van der Waals surface area contributed by atoms with Crippen LogP contribution >= 0.6 is 0 Å². The van der Waals surface area contributed by atoms with Gasteiger partial charge in [-0.05, 0) is 48.9 Å². The molecule has 1 aromatic heterocycles. The van der Waals surface area contributed by atoms with Crippen LogP contribution in [0.3, 0.4) is 0 Å². The molecule has 35 heavy (non-hydrogen) atoms. The lowest BCUT2D eigenvalue weighted by Gasteiger charge is -2.29. The number of imide groups is 1. The predicted octanol–water partition coefficient (Wildman–Crippen LogP) is 2.38. The number of rotatable bonds is 3. The molecule has 1 saturated heterocycles. The Bertz CT molecular complexity index is 1330. The number of nitrogens with zero attached hydrogens (tertiary/aromatic N) is 3. The first-order chi connectivity index (χ1) is 16.8. The van der Waals surface area contributed by atoms with E-state index in [1.807, 2.05) is 0 Å². The van der Waals surface area contributed by atoms with E-state index < -0.39 is 23.9 Å². The van der Waals surface area contributed by atoms with Crippen LogP contribution in [0.2, 0.25) is 0 Å². The fraction of sp³-hybridized carbons (Fsp3) is 0.320. The van der Waals surface area contributed by atoms with Crippen molar-refractivity contribution < 1.29 is 28.3 Å². The molecule has 178 valence electrons. The number of nitrogens with one attached hydrogen (secondary N) is 1. The molecule has 3 aliphatic rings. The third kappa shape index (κ3) is 4.57. The highest BCUT2D eigenvalue weighted by Gasteiger charge is 2.39. The van der Waals surface area contributed by atoms with Crippen LogP contribution in [0.5, 0.6) is 5.75 Å². The molecule has 9 nitrogen and oxygen atoms in total. The lowest BCUT2D eigenvalue weighted by atomic mass is 10.0. The summed E-state index contributed by atoms with van der Waals surface area (Å²) < 4.78 is 19.8. The van der Waals surface area contributed by atoms with Crippen molar-refractivity contribution >= 4 is 29.5 Å². The minimum atomic E-state index is -0.858. The normalized spacial score (nSPS) is 19.0. The minimum Gasteiger partial charge on any atom is -0.410 e. The van der Waals surface area contributed by atoms with Crippen LogP contribution in [-0.2, 0) is 16.1 Å². The van der Waals surface area contributed by atoms with Crippen molar-refractivity contribution in [3.05, 3.63) is 53.1 Å². The van der Waals surface area contributed by atoms with Gasteiger partial charge < -0.3 is 9.64 Å². The van der Waals surface area contributed by atoms with Gasteiger partial charge in [-0.15, -0.1) is 0 Å². The van der Waals surface area contributed by atoms with Gasteiger partial charge in [0.25, 0.3) is 5.91 Å². The molecule has 2 aliphatic heterocycles. The first-order valence-electron chi connectivity index (χ1n) is 11.2.